The van der Waals surface area contributed by atoms with Gasteiger partial charge in [-0.2, -0.15) is 0 Å². The summed E-state index contributed by atoms with van der Waals surface area (Å²) < 4.78 is 5.17. The number of fused-ring (bicyclic) bond motifs is 1. The molecule has 2 aromatic carbocycles. The highest BCUT2D eigenvalue weighted by molar-refractivity contribution is 6.05. The third kappa shape index (κ3) is 4.37. The summed E-state index contributed by atoms with van der Waals surface area (Å²) >= 11 is 0. The molecule has 1 N–H and O–H groups in total. The largest absolute Gasteiger partial charge is 0.497 e. The van der Waals surface area contributed by atoms with Crippen LogP contribution in [0, 0.1) is 0 Å². The van der Waals surface area contributed by atoms with Crippen LogP contribution in [0.25, 0.3) is 0 Å². The molecule has 0 bridgehead atoms. The summed E-state index contributed by atoms with van der Waals surface area (Å²) in [5.74, 6) is 1.41. The van der Waals surface area contributed by atoms with Gasteiger partial charge >= 0.3 is 0 Å². The van der Waals surface area contributed by atoms with Crippen LogP contribution in [0.3, 0.4) is 0 Å². The van der Waals surface area contributed by atoms with Gasteiger partial charge in [0.05, 0.1) is 7.11 Å². The van der Waals surface area contributed by atoms with Crippen molar-refractivity contribution in [2.24, 2.45) is 0 Å². The van der Waals surface area contributed by atoms with E-state index < -0.39 is 0 Å². The normalized spacial score (nSPS) is 12.9. The Kier molecular flexibility index (Phi) is 5.70. The van der Waals surface area contributed by atoms with Gasteiger partial charge in [0.15, 0.2) is 5.69 Å². The molecule has 1 amide bonds. The maximum Gasteiger partial charge on any atom is 0.278 e. The van der Waals surface area contributed by atoms with Crippen LogP contribution in [-0.4, -0.2) is 36.3 Å². The van der Waals surface area contributed by atoms with Gasteiger partial charge in [-0.1, -0.05) is 30.3 Å². The van der Waals surface area contributed by atoms with Gasteiger partial charge in [0.2, 0.25) is 0 Å². The van der Waals surface area contributed by atoms with Gasteiger partial charge < -0.3 is 15.0 Å². The van der Waals surface area contributed by atoms with E-state index in [9.17, 15) is 4.79 Å². The quantitative estimate of drug-likeness (QED) is 0.697. The zero-order valence-electron chi connectivity index (χ0n) is 16.5. The summed E-state index contributed by atoms with van der Waals surface area (Å²) in [4.78, 5) is 14.7. The Morgan fingerprint density at radius 1 is 1.07 bits per heavy atom. The van der Waals surface area contributed by atoms with Crippen molar-refractivity contribution in [2.75, 3.05) is 30.4 Å². The Labute approximate surface area is 170 Å². The van der Waals surface area contributed by atoms with E-state index in [2.05, 4.69) is 21.6 Å². The molecular weight excluding hydrogens is 364 g/mol. The molecule has 4 rings (SSSR count). The number of nitrogens with zero attached hydrogens (tertiary/aromatic N) is 3. The van der Waals surface area contributed by atoms with E-state index in [1.165, 1.54) is 11.1 Å². The van der Waals surface area contributed by atoms with Crippen molar-refractivity contribution in [1.82, 2.24) is 10.2 Å². The molecule has 0 spiro atoms. The fourth-order valence-electron chi connectivity index (χ4n) is 3.55. The highest BCUT2D eigenvalue weighted by atomic mass is 16.5. The van der Waals surface area contributed by atoms with Crippen molar-refractivity contribution in [3.8, 4) is 5.75 Å². The molecule has 148 valence electrons. The first-order valence-electron chi connectivity index (χ1n) is 9.85. The van der Waals surface area contributed by atoms with Gasteiger partial charge in [0.1, 0.15) is 11.6 Å². The van der Waals surface area contributed by atoms with Crippen LogP contribution in [-0.2, 0) is 12.8 Å². The van der Waals surface area contributed by atoms with E-state index in [1.807, 2.05) is 48.5 Å². The number of nitrogens with one attached hydrogen (secondary N) is 1. The molecule has 6 nitrogen and oxygen atoms in total. The standard InChI is InChI=1S/C23H24N4O2/c1-29-19-10-8-17(9-11-19)14-15-24-22-13-12-20(25-26-22)23(28)27-16-4-6-18-5-2-3-7-21(18)27/h2-3,5,7-13H,4,6,14-16H2,1H3,(H,24,26). The Morgan fingerprint density at radius 2 is 1.90 bits per heavy atom. The number of hydrogen-bond acceptors (Lipinski definition) is 5. The number of amides is 1. The van der Waals surface area contributed by atoms with E-state index in [1.54, 1.807) is 18.1 Å². The van der Waals surface area contributed by atoms with E-state index in [-0.39, 0.29) is 5.91 Å². The van der Waals surface area contributed by atoms with Crippen molar-refractivity contribution in [3.63, 3.8) is 0 Å². The van der Waals surface area contributed by atoms with Crippen LogP contribution in [0.2, 0.25) is 0 Å². The second kappa shape index (κ2) is 8.73. The number of anilines is 2. The van der Waals surface area contributed by atoms with Crippen molar-refractivity contribution < 1.29 is 9.53 Å². The average molecular weight is 388 g/mol. The van der Waals surface area contributed by atoms with Gasteiger partial charge in [-0.15, -0.1) is 10.2 Å². The first-order chi connectivity index (χ1) is 14.2. The number of aryl methyl sites for hydroxylation is 1. The smallest absolute Gasteiger partial charge is 0.278 e. The molecule has 0 saturated heterocycles. The van der Waals surface area contributed by atoms with E-state index in [0.29, 0.717) is 18.1 Å². The minimum atomic E-state index is -0.102. The van der Waals surface area contributed by atoms with Crippen LogP contribution in [0.1, 0.15) is 28.0 Å². The summed E-state index contributed by atoms with van der Waals surface area (Å²) in [5.41, 5.74) is 3.76. The van der Waals surface area contributed by atoms with Crippen LogP contribution >= 0.6 is 0 Å². The first-order valence-corrected chi connectivity index (χ1v) is 9.85. The molecule has 0 saturated carbocycles. The molecule has 29 heavy (non-hydrogen) atoms. The molecule has 0 atom stereocenters. The summed E-state index contributed by atoms with van der Waals surface area (Å²) in [7, 11) is 1.66. The number of hydrogen-bond donors (Lipinski definition) is 1. The summed E-state index contributed by atoms with van der Waals surface area (Å²) in [6, 6.07) is 19.6. The van der Waals surface area contributed by atoms with E-state index in [4.69, 9.17) is 4.74 Å². The third-order valence-electron chi connectivity index (χ3n) is 5.12. The van der Waals surface area contributed by atoms with E-state index >= 15 is 0 Å². The van der Waals surface area contributed by atoms with Gasteiger partial charge in [0.25, 0.3) is 5.91 Å². The fraction of sp³-hybridized carbons (Fsp3) is 0.261. The Hall–Kier alpha value is -3.41. The maximum absolute atomic E-state index is 12.9. The minimum Gasteiger partial charge on any atom is -0.497 e. The molecule has 1 aliphatic rings. The van der Waals surface area contributed by atoms with Crippen LogP contribution < -0.4 is 15.0 Å². The van der Waals surface area contributed by atoms with Gasteiger partial charge in [-0.05, 0) is 60.7 Å². The number of methoxy groups -OCH3 is 1. The number of para-hydroxylation sites is 1. The number of benzene rings is 2. The lowest BCUT2D eigenvalue weighted by Gasteiger charge is -2.29. The molecular formula is C23H24N4O2. The van der Waals surface area contributed by atoms with E-state index in [0.717, 1.165) is 37.2 Å². The molecule has 0 aliphatic carbocycles. The molecule has 1 aliphatic heterocycles. The summed E-state index contributed by atoms with van der Waals surface area (Å²) in [5, 5.41) is 11.6. The monoisotopic (exact) mass is 388 g/mol. The Balaban J connectivity index is 1.36. The lowest BCUT2D eigenvalue weighted by molar-refractivity contribution is 0.0979. The van der Waals surface area contributed by atoms with Crippen molar-refractivity contribution in [2.45, 2.75) is 19.3 Å². The topological polar surface area (TPSA) is 67.3 Å². The van der Waals surface area contributed by atoms with Gasteiger partial charge in [0, 0.05) is 18.8 Å². The Bertz CT molecular complexity index is 971. The molecule has 2 heterocycles. The molecule has 0 unspecified atom stereocenters. The van der Waals surface area contributed by atoms with Crippen LogP contribution in [0.15, 0.2) is 60.7 Å². The zero-order valence-corrected chi connectivity index (χ0v) is 16.5. The summed E-state index contributed by atoms with van der Waals surface area (Å²) in [6.45, 7) is 1.44. The van der Waals surface area contributed by atoms with Crippen LogP contribution in [0.5, 0.6) is 5.75 Å². The zero-order chi connectivity index (χ0) is 20.1. The van der Waals surface area contributed by atoms with Gasteiger partial charge in [-0.3, -0.25) is 4.79 Å². The highest BCUT2D eigenvalue weighted by Gasteiger charge is 2.24. The highest BCUT2D eigenvalue weighted by Crippen LogP contribution is 2.27. The lowest BCUT2D eigenvalue weighted by atomic mass is 10.0. The minimum absolute atomic E-state index is 0.102. The maximum atomic E-state index is 12.9. The number of rotatable bonds is 6. The lowest BCUT2D eigenvalue weighted by Crippen LogP contribution is -2.36. The second-order valence-electron chi connectivity index (χ2n) is 7.02. The SMILES string of the molecule is COc1ccc(CCNc2ccc(C(=O)N3CCCc4ccccc43)nn2)cc1. The predicted octanol–water partition coefficient (Wildman–Crippen LogP) is 3.73. The molecule has 0 fully saturated rings. The average Bonchev–Trinajstić information content (AvgIpc) is 2.79. The van der Waals surface area contributed by atoms with Gasteiger partial charge in [-0.25, -0.2) is 0 Å². The Morgan fingerprint density at radius 3 is 2.66 bits per heavy atom. The van der Waals surface area contributed by atoms with Crippen molar-refractivity contribution in [3.05, 3.63) is 77.5 Å². The second-order valence-corrected chi connectivity index (χ2v) is 7.02. The first kappa shape index (κ1) is 18.9. The van der Waals surface area contributed by atoms with Crippen molar-refractivity contribution >= 4 is 17.4 Å². The fourth-order valence-corrected chi connectivity index (χ4v) is 3.55. The number of ether oxygens (including phenoxy) is 1. The number of carbonyl (C=O) groups excluding carboxylic acids is 1. The number of aromatic nitrogens is 2. The molecule has 3 aromatic rings. The predicted molar refractivity (Wildman–Crippen MR) is 114 cm³/mol. The molecule has 0 radical (unpaired) electrons. The number of carbonyl (C=O) groups is 1. The third-order valence-corrected chi connectivity index (χ3v) is 5.12. The molecule has 1 aromatic heterocycles. The van der Waals surface area contributed by atoms with Crippen molar-refractivity contribution in [1.29, 1.82) is 0 Å². The van der Waals surface area contributed by atoms with Crippen LogP contribution in [0.4, 0.5) is 11.5 Å². The summed E-state index contributed by atoms with van der Waals surface area (Å²) in [6.07, 6.45) is 2.82. The molecule has 6 heteroatoms.